The van der Waals surface area contributed by atoms with Gasteiger partial charge in [-0.3, -0.25) is 0 Å². The number of hydrogen-bond acceptors (Lipinski definition) is 5. The van der Waals surface area contributed by atoms with Crippen LogP contribution in [0.15, 0.2) is 12.4 Å². The van der Waals surface area contributed by atoms with E-state index in [4.69, 9.17) is 4.74 Å². The molecule has 2 saturated heterocycles. The summed E-state index contributed by atoms with van der Waals surface area (Å²) in [5, 5.41) is 0. The molecule has 5 nitrogen and oxygen atoms in total. The van der Waals surface area contributed by atoms with Gasteiger partial charge in [-0.25, -0.2) is 9.97 Å². The third kappa shape index (κ3) is 3.66. The second-order valence-corrected chi connectivity index (χ2v) is 7.35. The Balaban J connectivity index is 1.39. The van der Waals surface area contributed by atoms with Gasteiger partial charge in [-0.15, -0.1) is 0 Å². The summed E-state index contributed by atoms with van der Waals surface area (Å²) < 4.78 is 6.20. The number of piperidine rings is 1. The van der Waals surface area contributed by atoms with Crippen LogP contribution in [-0.4, -0.2) is 60.3 Å². The number of anilines is 1. The summed E-state index contributed by atoms with van der Waals surface area (Å²) >= 11 is 0. The fourth-order valence-electron chi connectivity index (χ4n) is 3.82. The van der Waals surface area contributed by atoms with E-state index in [0.717, 1.165) is 44.5 Å². The number of nitrogens with zero attached hydrogens (tertiary/aromatic N) is 4. The molecule has 5 heteroatoms. The zero-order chi connectivity index (χ0) is 15.6. The van der Waals surface area contributed by atoms with Crippen LogP contribution in [-0.2, 0) is 11.2 Å². The van der Waals surface area contributed by atoms with Gasteiger partial charge in [0.2, 0.25) is 5.95 Å². The number of hydrogen-bond donors (Lipinski definition) is 0. The molecule has 0 bridgehead atoms. The molecule has 0 amide bonds. The van der Waals surface area contributed by atoms with Crippen LogP contribution in [0.4, 0.5) is 5.95 Å². The molecule has 1 aromatic rings. The van der Waals surface area contributed by atoms with Crippen LogP contribution in [0.3, 0.4) is 0 Å². The first-order chi connectivity index (χ1) is 11.3. The second-order valence-electron chi connectivity index (χ2n) is 7.35. The van der Waals surface area contributed by atoms with Gasteiger partial charge in [0.15, 0.2) is 0 Å². The molecule has 1 aromatic heterocycles. The first-order valence-electron chi connectivity index (χ1n) is 9.21. The molecule has 126 valence electrons. The van der Waals surface area contributed by atoms with Crippen LogP contribution in [0.2, 0.25) is 0 Å². The monoisotopic (exact) mass is 316 g/mol. The maximum Gasteiger partial charge on any atom is 0.225 e. The molecule has 0 spiro atoms. The van der Waals surface area contributed by atoms with E-state index in [-0.39, 0.29) is 0 Å². The maximum atomic E-state index is 6.20. The van der Waals surface area contributed by atoms with Crippen molar-refractivity contribution < 1.29 is 4.74 Å². The fourth-order valence-corrected chi connectivity index (χ4v) is 3.82. The smallest absolute Gasteiger partial charge is 0.225 e. The van der Waals surface area contributed by atoms with Crippen molar-refractivity contribution in [2.24, 2.45) is 11.8 Å². The van der Waals surface area contributed by atoms with Crippen LogP contribution in [0, 0.1) is 11.8 Å². The standard InChI is InChI=1S/C18H28N4O/c1-2-14-9-19-18(20-10-14)22-7-8-23-17-13-21(11-15-3-4-15)6-5-16(17)12-22/h9-10,15-17H,2-8,11-13H2,1H3/t16-,17-/m1/s1. The largest absolute Gasteiger partial charge is 0.375 e. The van der Waals surface area contributed by atoms with Gasteiger partial charge in [-0.1, -0.05) is 6.92 Å². The third-order valence-electron chi connectivity index (χ3n) is 5.52. The maximum absolute atomic E-state index is 6.20. The lowest BCUT2D eigenvalue weighted by molar-refractivity contribution is -0.0227. The van der Waals surface area contributed by atoms with Gasteiger partial charge in [-0.2, -0.15) is 0 Å². The minimum Gasteiger partial charge on any atom is -0.375 e. The Hall–Kier alpha value is -1.20. The summed E-state index contributed by atoms with van der Waals surface area (Å²) in [6.07, 6.45) is 9.41. The highest BCUT2D eigenvalue weighted by Gasteiger charge is 2.35. The van der Waals surface area contributed by atoms with E-state index < -0.39 is 0 Å². The predicted octanol–water partition coefficient (Wildman–Crippen LogP) is 1.98. The molecule has 0 N–H and O–H groups in total. The van der Waals surface area contributed by atoms with Gasteiger partial charge in [0, 0.05) is 44.5 Å². The van der Waals surface area contributed by atoms with Crippen molar-refractivity contribution >= 4 is 5.95 Å². The first kappa shape index (κ1) is 15.3. The Labute approximate surface area is 139 Å². The van der Waals surface area contributed by atoms with Crippen LogP contribution < -0.4 is 4.90 Å². The number of fused-ring (bicyclic) bond motifs is 1. The molecule has 1 aliphatic carbocycles. The number of aryl methyl sites for hydroxylation is 1. The lowest BCUT2D eigenvalue weighted by atomic mass is 9.93. The molecule has 1 saturated carbocycles. The summed E-state index contributed by atoms with van der Waals surface area (Å²) in [4.78, 5) is 14.1. The molecule has 3 heterocycles. The van der Waals surface area contributed by atoms with E-state index in [2.05, 4.69) is 26.7 Å². The molecule has 23 heavy (non-hydrogen) atoms. The summed E-state index contributed by atoms with van der Waals surface area (Å²) in [6, 6.07) is 0. The zero-order valence-corrected chi connectivity index (χ0v) is 14.2. The lowest BCUT2D eigenvalue weighted by Crippen LogP contribution is -2.47. The van der Waals surface area contributed by atoms with E-state index in [1.165, 1.54) is 37.9 Å². The van der Waals surface area contributed by atoms with Gasteiger partial charge in [-0.05, 0) is 43.7 Å². The quantitative estimate of drug-likeness (QED) is 0.849. The first-order valence-corrected chi connectivity index (χ1v) is 9.21. The Bertz CT molecular complexity index is 516. The van der Waals surface area contributed by atoms with Gasteiger partial charge >= 0.3 is 0 Å². The number of aromatic nitrogens is 2. The van der Waals surface area contributed by atoms with Crippen LogP contribution in [0.1, 0.15) is 31.7 Å². The van der Waals surface area contributed by atoms with Gasteiger partial charge in [0.1, 0.15) is 0 Å². The third-order valence-corrected chi connectivity index (χ3v) is 5.52. The molecule has 0 radical (unpaired) electrons. The lowest BCUT2D eigenvalue weighted by Gasteiger charge is -2.38. The van der Waals surface area contributed by atoms with E-state index in [9.17, 15) is 0 Å². The number of ether oxygens (including phenoxy) is 1. The fraction of sp³-hybridized carbons (Fsp3) is 0.778. The summed E-state index contributed by atoms with van der Waals surface area (Å²) in [7, 11) is 0. The van der Waals surface area contributed by atoms with Gasteiger partial charge in [0.25, 0.3) is 0 Å². The van der Waals surface area contributed by atoms with Crippen molar-refractivity contribution in [1.82, 2.24) is 14.9 Å². The molecule has 0 unspecified atom stereocenters. The van der Waals surface area contributed by atoms with Crippen molar-refractivity contribution in [3.63, 3.8) is 0 Å². The summed E-state index contributed by atoms with van der Waals surface area (Å²) in [6.45, 7) is 8.50. The van der Waals surface area contributed by atoms with Gasteiger partial charge in [0.05, 0.1) is 12.7 Å². The minimum absolute atomic E-state index is 0.391. The highest BCUT2D eigenvalue weighted by atomic mass is 16.5. The molecule has 4 rings (SSSR count). The molecule has 3 fully saturated rings. The average Bonchev–Trinajstić information content (AvgIpc) is 3.41. The van der Waals surface area contributed by atoms with Crippen LogP contribution >= 0.6 is 0 Å². The van der Waals surface area contributed by atoms with E-state index in [0.29, 0.717) is 12.0 Å². The minimum atomic E-state index is 0.391. The van der Waals surface area contributed by atoms with Crippen molar-refractivity contribution in [1.29, 1.82) is 0 Å². The van der Waals surface area contributed by atoms with Crippen molar-refractivity contribution in [2.75, 3.05) is 44.2 Å². The second kappa shape index (κ2) is 6.73. The van der Waals surface area contributed by atoms with E-state index in [1.807, 2.05) is 12.4 Å². The number of rotatable bonds is 4. The highest BCUT2D eigenvalue weighted by molar-refractivity contribution is 5.30. The molecule has 3 aliphatic rings. The highest BCUT2D eigenvalue weighted by Crippen LogP contribution is 2.32. The topological polar surface area (TPSA) is 41.5 Å². The SMILES string of the molecule is CCc1cnc(N2CCO[C@@H]3CN(CC4CC4)CC[C@@H]3C2)nc1. The van der Waals surface area contributed by atoms with Crippen molar-refractivity contribution in [3.8, 4) is 0 Å². The summed E-state index contributed by atoms with van der Waals surface area (Å²) in [5.74, 6) is 2.45. The average molecular weight is 316 g/mol. The van der Waals surface area contributed by atoms with Gasteiger partial charge < -0.3 is 14.5 Å². The zero-order valence-electron chi connectivity index (χ0n) is 14.2. The normalized spacial score (nSPS) is 29.2. The molecule has 0 aromatic carbocycles. The molecular weight excluding hydrogens is 288 g/mol. The number of likely N-dealkylation sites (tertiary alicyclic amines) is 1. The summed E-state index contributed by atoms with van der Waals surface area (Å²) in [5.41, 5.74) is 1.20. The Morgan fingerprint density at radius 1 is 1.13 bits per heavy atom. The molecular formula is C18H28N4O. The molecule has 2 atom stereocenters. The molecule has 2 aliphatic heterocycles. The Morgan fingerprint density at radius 3 is 2.70 bits per heavy atom. The van der Waals surface area contributed by atoms with Crippen LogP contribution in [0.25, 0.3) is 0 Å². The van der Waals surface area contributed by atoms with Crippen molar-refractivity contribution in [3.05, 3.63) is 18.0 Å². The van der Waals surface area contributed by atoms with Crippen molar-refractivity contribution in [2.45, 2.75) is 38.7 Å². The Morgan fingerprint density at radius 2 is 1.96 bits per heavy atom. The van der Waals surface area contributed by atoms with Crippen LogP contribution in [0.5, 0.6) is 0 Å². The van der Waals surface area contributed by atoms with E-state index >= 15 is 0 Å². The predicted molar refractivity (Wildman–Crippen MR) is 90.6 cm³/mol. The van der Waals surface area contributed by atoms with E-state index in [1.54, 1.807) is 0 Å². The Kier molecular flexibility index (Phi) is 4.49.